The second-order valence-corrected chi connectivity index (χ2v) is 4.65. The summed E-state index contributed by atoms with van der Waals surface area (Å²) in [7, 11) is 0. The van der Waals surface area contributed by atoms with Crippen LogP contribution in [0.2, 0.25) is 0 Å². The van der Waals surface area contributed by atoms with Crippen LogP contribution < -0.4 is 4.18 Å². The van der Waals surface area contributed by atoms with Gasteiger partial charge in [-0.25, -0.2) is 0 Å². The molecule has 0 saturated heterocycles. The summed E-state index contributed by atoms with van der Waals surface area (Å²) in [6, 6.07) is 12.8. The average Bonchev–Trinajstić information content (AvgIpc) is 2.46. The molecular weight excluding hydrogens is 294 g/mol. The van der Waals surface area contributed by atoms with Crippen molar-refractivity contribution in [3.05, 3.63) is 69.8 Å². The maximum Gasteiger partial charge on any atom is 0.357 e. The van der Waals surface area contributed by atoms with Crippen molar-refractivity contribution < 1.29 is 17.9 Å². The molecule has 0 spiro atoms. The minimum atomic E-state index is -2.34. The van der Waals surface area contributed by atoms with Crippen molar-refractivity contribution in [2.75, 3.05) is 0 Å². The minimum Gasteiger partial charge on any atom is -0.380 e. The fourth-order valence-corrected chi connectivity index (χ4v) is 1.89. The van der Waals surface area contributed by atoms with Crippen molar-refractivity contribution in [2.45, 2.75) is 0 Å². The summed E-state index contributed by atoms with van der Waals surface area (Å²) in [6.07, 6.45) is 3.63. The van der Waals surface area contributed by atoms with Crippen LogP contribution in [0.15, 0.2) is 48.5 Å². The predicted molar refractivity (Wildman–Crippen MR) is 79.9 cm³/mol. The van der Waals surface area contributed by atoms with E-state index < -0.39 is 16.3 Å². The topological polar surface area (TPSA) is 89.7 Å². The monoisotopic (exact) mass is 305 g/mol. The van der Waals surface area contributed by atoms with E-state index in [1.54, 1.807) is 36.4 Å². The highest BCUT2D eigenvalue weighted by Gasteiger charge is 2.02. The maximum absolute atomic E-state index is 10.5. The SMILES string of the molecule is O=[N+]([O-])c1ccc(C=Cc2ccc(OS(=O)O)cc2)cc1. The zero-order valence-electron chi connectivity index (χ0n) is 10.7. The zero-order chi connectivity index (χ0) is 15.2. The van der Waals surface area contributed by atoms with Crippen molar-refractivity contribution in [2.24, 2.45) is 0 Å². The highest BCUT2D eigenvalue weighted by molar-refractivity contribution is 7.74. The molecule has 2 aromatic carbocycles. The third kappa shape index (κ3) is 4.51. The van der Waals surface area contributed by atoms with E-state index in [4.69, 9.17) is 4.55 Å². The standard InChI is InChI=1S/C14H11NO5S/c16-15(17)13-7-3-11(4-8-13)1-2-12-5-9-14(10-6-12)20-21(18)19/h1-10H,(H,18,19). The van der Waals surface area contributed by atoms with Crippen LogP contribution in [0.3, 0.4) is 0 Å². The molecule has 1 unspecified atom stereocenters. The predicted octanol–water partition coefficient (Wildman–Crippen LogP) is 3.28. The van der Waals surface area contributed by atoms with Gasteiger partial charge in [-0.2, -0.15) is 4.21 Å². The average molecular weight is 305 g/mol. The van der Waals surface area contributed by atoms with Crippen molar-refractivity contribution in [1.82, 2.24) is 0 Å². The van der Waals surface area contributed by atoms with Gasteiger partial charge >= 0.3 is 11.4 Å². The van der Waals surface area contributed by atoms with Crippen molar-refractivity contribution >= 4 is 29.2 Å². The van der Waals surface area contributed by atoms with Gasteiger partial charge in [0.2, 0.25) is 0 Å². The van der Waals surface area contributed by atoms with Gasteiger partial charge < -0.3 is 4.18 Å². The van der Waals surface area contributed by atoms with Crippen LogP contribution in [0, 0.1) is 10.1 Å². The van der Waals surface area contributed by atoms with Gasteiger partial charge in [-0.1, -0.05) is 24.3 Å². The third-order valence-corrected chi connectivity index (χ3v) is 2.95. The summed E-state index contributed by atoms with van der Waals surface area (Å²) in [5, 5.41) is 10.5. The Labute approximate surface area is 123 Å². The molecule has 1 N–H and O–H groups in total. The first kappa shape index (κ1) is 14.9. The highest BCUT2D eigenvalue weighted by Crippen LogP contribution is 2.16. The molecule has 0 aliphatic heterocycles. The van der Waals surface area contributed by atoms with E-state index in [1.165, 1.54) is 12.1 Å². The van der Waals surface area contributed by atoms with E-state index in [2.05, 4.69) is 4.18 Å². The van der Waals surface area contributed by atoms with E-state index in [9.17, 15) is 14.3 Å². The van der Waals surface area contributed by atoms with Gasteiger partial charge in [0.15, 0.2) is 0 Å². The number of nitro groups is 1. The summed E-state index contributed by atoms with van der Waals surface area (Å²) >= 11 is -2.34. The van der Waals surface area contributed by atoms with Crippen molar-refractivity contribution in [3.63, 3.8) is 0 Å². The van der Waals surface area contributed by atoms with E-state index in [0.717, 1.165) is 11.1 Å². The molecule has 2 aromatic rings. The first-order valence-electron chi connectivity index (χ1n) is 5.86. The Hall–Kier alpha value is -2.51. The molecule has 0 heterocycles. The number of rotatable bonds is 5. The Morgan fingerprint density at radius 2 is 1.48 bits per heavy atom. The number of hydrogen-bond donors (Lipinski definition) is 1. The molecule has 0 fully saturated rings. The first-order valence-corrected chi connectivity index (χ1v) is 6.89. The Bertz CT molecular complexity index is 680. The summed E-state index contributed by atoms with van der Waals surface area (Å²) in [4.78, 5) is 10.1. The van der Waals surface area contributed by atoms with Gasteiger partial charge in [-0.15, -0.1) is 0 Å². The molecule has 0 saturated carbocycles. The summed E-state index contributed by atoms with van der Waals surface area (Å²) in [6.45, 7) is 0. The quantitative estimate of drug-likeness (QED) is 0.396. The Morgan fingerprint density at radius 1 is 1.00 bits per heavy atom. The lowest BCUT2D eigenvalue weighted by Crippen LogP contribution is -1.96. The molecule has 0 bridgehead atoms. The van der Waals surface area contributed by atoms with Crippen LogP contribution in [0.5, 0.6) is 5.75 Å². The molecule has 1 atom stereocenters. The van der Waals surface area contributed by atoms with E-state index in [1.807, 2.05) is 12.2 Å². The van der Waals surface area contributed by atoms with E-state index >= 15 is 0 Å². The lowest BCUT2D eigenvalue weighted by Gasteiger charge is -2.00. The van der Waals surface area contributed by atoms with E-state index in [-0.39, 0.29) is 5.69 Å². The van der Waals surface area contributed by atoms with Gasteiger partial charge in [-0.05, 0) is 35.4 Å². The highest BCUT2D eigenvalue weighted by atomic mass is 32.2. The Kier molecular flexibility index (Phi) is 4.81. The zero-order valence-corrected chi connectivity index (χ0v) is 11.5. The van der Waals surface area contributed by atoms with Crippen LogP contribution in [-0.4, -0.2) is 13.7 Å². The molecule has 6 nitrogen and oxygen atoms in total. The lowest BCUT2D eigenvalue weighted by molar-refractivity contribution is -0.384. The first-order chi connectivity index (χ1) is 10.0. The second-order valence-electron chi connectivity index (χ2n) is 4.05. The van der Waals surface area contributed by atoms with Gasteiger partial charge in [0, 0.05) is 12.1 Å². The van der Waals surface area contributed by atoms with Crippen molar-refractivity contribution in [1.29, 1.82) is 0 Å². The minimum absolute atomic E-state index is 0.0469. The third-order valence-electron chi connectivity index (χ3n) is 2.62. The van der Waals surface area contributed by atoms with Gasteiger partial charge in [0.25, 0.3) is 5.69 Å². The number of nitro benzene ring substituents is 1. The molecule has 0 radical (unpaired) electrons. The smallest absolute Gasteiger partial charge is 0.357 e. The van der Waals surface area contributed by atoms with Gasteiger partial charge in [0.1, 0.15) is 5.75 Å². The summed E-state index contributed by atoms with van der Waals surface area (Å²) in [5.41, 5.74) is 1.74. The molecule has 7 heteroatoms. The van der Waals surface area contributed by atoms with Crippen molar-refractivity contribution in [3.8, 4) is 5.75 Å². The molecule has 2 rings (SSSR count). The molecule has 0 aliphatic carbocycles. The number of non-ortho nitro benzene ring substituents is 1. The van der Waals surface area contributed by atoms with E-state index in [0.29, 0.717) is 5.75 Å². The molecule has 0 amide bonds. The number of nitrogens with zero attached hydrogens (tertiary/aromatic N) is 1. The van der Waals surface area contributed by atoms with Crippen LogP contribution in [0.4, 0.5) is 5.69 Å². The maximum atomic E-state index is 10.5. The molecule has 108 valence electrons. The van der Waals surface area contributed by atoms with Gasteiger partial charge in [-0.3, -0.25) is 14.7 Å². The second kappa shape index (κ2) is 6.78. The Balaban J connectivity index is 2.06. The normalized spacial score (nSPS) is 12.2. The Morgan fingerprint density at radius 3 is 1.90 bits per heavy atom. The molecular formula is C14H11NO5S. The fourth-order valence-electron chi connectivity index (χ4n) is 1.62. The van der Waals surface area contributed by atoms with Crippen LogP contribution >= 0.6 is 0 Å². The van der Waals surface area contributed by atoms with Gasteiger partial charge in [0.05, 0.1) is 4.92 Å². The van der Waals surface area contributed by atoms with Crippen LogP contribution in [0.25, 0.3) is 12.2 Å². The fraction of sp³-hybridized carbons (Fsp3) is 0. The lowest BCUT2D eigenvalue weighted by atomic mass is 10.1. The molecule has 21 heavy (non-hydrogen) atoms. The summed E-state index contributed by atoms with van der Waals surface area (Å²) < 4.78 is 23.7. The number of benzene rings is 2. The molecule has 0 aromatic heterocycles. The molecule has 0 aliphatic rings. The van der Waals surface area contributed by atoms with Crippen LogP contribution in [0.1, 0.15) is 11.1 Å². The number of hydrogen-bond acceptors (Lipinski definition) is 4. The van der Waals surface area contributed by atoms with Crippen LogP contribution in [-0.2, 0) is 11.4 Å². The summed E-state index contributed by atoms with van der Waals surface area (Å²) in [5.74, 6) is 0.295. The largest absolute Gasteiger partial charge is 0.380 e.